The summed E-state index contributed by atoms with van der Waals surface area (Å²) in [5.41, 5.74) is 3.08. The molecule has 0 atom stereocenters. The van der Waals surface area contributed by atoms with Crippen molar-refractivity contribution in [1.82, 2.24) is 0 Å². The van der Waals surface area contributed by atoms with Crippen LogP contribution in [0.5, 0.6) is 0 Å². The minimum Gasteiger partial charge on any atom is -0.289 e. The van der Waals surface area contributed by atoms with Gasteiger partial charge in [0.05, 0.1) is 0 Å². The van der Waals surface area contributed by atoms with Crippen molar-refractivity contribution >= 4 is 21.7 Å². The van der Waals surface area contributed by atoms with Crippen LogP contribution in [-0.4, -0.2) is 5.78 Å². The van der Waals surface area contributed by atoms with Crippen LogP contribution in [-0.2, 0) is 0 Å². The molecule has 1 aromatic carbocycles. The van der Waals surface area contributed by atoms with Crippen molar-refractivity contribution in [2.45, 2.75) is 0 Å². The van der Waals surface area contributed by atoms with Crippen LogP contribution in [0.4, 0.5) is 0 Å². The maximum atomic E-state index is 11.2. The van der Waals surface area contributed by atoms with E-state index >= 15 is 0 Å². The molecule has 1 aromatic rings. The Balaban J connectivity index is 3.03. The van der Waals surface area contributed by atoms with Crippen molar-refractivity contribution in [1.29, 1.82) is 0 Å². The van der Waals surface area contributed by atoms with E-state index in [1.54, 1.807) is 12.1 Å². The molecule has 0 amide bonds. The summed E-state index contributed by atoms with van der Waals surface area (Å²) in [6, 6.07) is 7.19. The molecule has 0 saturated heterocycles. The van der Waals surface area contributed by atoms with Gasteiger partial charge >= 0.3 is 0 Å². The highest BCUT2D eigenvalue weighted by Gasteiger charge is 2.00. The lowest BCUT2D eigenvalue weighted by atomic mass is 10.1. The van der Waals surface area contributed by atoms with E-state index in [9.17, 15) is 4.79 Å². The molecule has 12 heavy (non-hydrogen) atoms. The second-order valence-electron chi connectivity index (χ2n) is 2.22. The maximum absolute atomic E-state index is 11.2. The molecule has 0 saturated carbocycles. The summed E-state index contributed by atoms with van der Waals surface area (Å²) in [6.45, 7) is 3.34. The van der Waals surface area contributed by atoms with Crippen LogP contribution in [0.1, 0.15) is 10.4 Å². The van der Waals surface area contributed by atoms with Crippen LogP contribution in [0.2, 0.25) is 0 Å². The molecular weight excluding hydrogens is 216 g/mol. The van der Waals surface area contributed by atoms with E-state index in [1.807, 2.05) is 12.1 Å². The third kappa shape index (κ3) is 2.19. The second kappa shape index (κ2) is 4.05. The van der Waals surface area contributed by atoms with Crippen molar-refractivity contribution in [2.24, 2.45) is 0 Å². The minimum absolute atomic E-state index is 0.0775. The fourth-order valence-electron chi connectivity index (χ4n) is 0.818. The molecule has 0 spiro atoms. The molecular formula is C10H7BrO. The molecule has 0 bridgehead atoms. The van der Waals surface area contributed by atoms with Gasteiger partial charge in [0, 0.05) is 16.1 Å². The first-order chi connectivity index (χ1) is 5.74. The zero-order valence-electron chi connectivity index (χ0n) is 6.38. The normalized spacial score (nSPS) is 8.75. The summed E-state index contributed by atoms with van der Waals surface area (Å²) >= 11 is 3.28. The molecule has 0 aromatic heterocycles. The zero-order valence-corrected chi connectivity index (χ0v) is 7.97. The molecule has 60 valence electrons. The van der Waals surface area contributed by atoms with Crippen molar-refractivity contribution in [2.75, 3.05) is 0 Å². The summed E-state index contributed by atoms with van der Waals surface area (Å²) in [5, 5.41) is 0. The van der Waals surface area contributed by atoms with E-state index in [4.69, 9.17) is 0 Å². The molecule has 0 aliphatic rings. The molecule has 0 aliphatic heterocycles. The topological polar surface area (TPSA) is 17.1 Å². The largest absolute Gasteiger partial charge is 0.289 e. The van der Waals surface area contributed by atoms with Gasteiger partial charge < -0.3 is 0 Å². The van der Waals surface area contributed by atoms with Gasteiger partial charge in [-0.25, -0.2) is 0 Å². The lowest BCUT2D eigenvalue weighted by Crippen LogP contribution is -1.92. The van der Waals surface area contributed by atoms with Gasteiger partial charge in [0.25, 0.3) is 0 Å². The number of hydrogen-bond acceptors (Lipinski definition) is 1. The lowest BCUT2D eigenvalue weighted by Gasteiger charge is -1.94. The Labute approximate surface area is 79.5 Å². The van der Waals surface area contributed by atoms with Gasteiger partial charge in [0.1, 0.15) is 0 Å². The highest BCUT2D eigenvalue weighted by molar-refractivity contribution is 9.10. The average molecular weight is 223 g/mol. The Kier molecular flexibility index (Phi) is 3.03. The van der Waals surface area contributed by atoms with E-state index in [0.29, 0.717) is 5.56 Å². The van der Waals surface area contributed by atoms with Crippen LogP contribution in [0.25, 0.3) is 0 Å². The molecule has 0 heterocycles. The minimum atomic E-state index is -0.0775. The second-order valence-corrected chi connectivity index (χ2v) is 3.14. The van der Waals surface area contributed by atoms with E-state index in [1.165, 1.54) is 6.08 Å². The number of benzene rings is 1. The van der Waals surface area contributed by atoms with E-state index < -0.39 is 0 Å². The Morgan fingerprint density at radius 1 is 1.58 bits per heavy atom. The monoisotopic (exact) mass is 222 g/mol. The van der Waals surface area contributed by atoms with Crippen LogP contribution >= 0.6 is 15.9 Å². The first kappa shape index (κ1) is 8.98. The number of ketones is 1. The number of allylic oxidation sites excluding steroid dienone is 1. The fourth-order valence-corrected chi connectivity index (χ4v) is 1.22. The summed E-state index contributed by atoms with van der Waals surface area (Å²) in [7, 11) is 0. The van der Waals surface area contributed by atoms with Gasteiger partial charge in [0.2, 0.25) is 0 Å². The van der Waals surface area contributed by atoms with Gasteiger partial charge in [0.15, 0.2) is 5.78 Å². The summed E-state index contributed by atoms with van der Waals surface area (Å²) in [5.74, 6) is -0.0775. The highest BCUT2D eigenvalue weighted by atomic mass is 79.9. The number of hydrogen-bond donors (Lipinski definition) is 0. The molecule has 0 fully saturated rings. The van der Waals surface area contributed by atoms with Crippen LogP contribution < -0.4 is 0 Å². The van der Waals surface area contributed by atoms with Gasteiger partial charge in [-0.15, -0.1) is 5.73 Å². The number of carbonyl (C=O) groups excluding carboxylic acids is 1. The Bertz CT molecular complexity index is 349. The summed E-state index contributed by atoms with van der Waals surface area (Å²) < 4.78 is 0.894. The summed E-state index contributed by atoms with van der Waals surface area (Å²) in [6.07, 6.45) is 1.32. The Hall–Kier alpha value is -1.11. The Morgan fingerprint density at radius 3 is 2.92 bits per heavy atom. The highest BCUT2D eigenvalue weighted by Crippen LogP contribution is 2.12. The molecule has 0 N–H and O–H groups in total. The molecule has 1 nitrogen and oxygen atoms in total. The molecule has 2 heteroatoms. The smallest absolute Gasteiger partial charge is 0.193 e. The lowest BCUT2D eigenvalue weighted by molar-refractivity contribution is 0.104. The van der Waals surface area contributed by atoms with Gasteiger partial charge in [-0.3, -0.25) is 4.79 Å². The van der Waals surface area contributed by atoms with Crippen LogP contribution in [0.15, 0.2) is 47.1 Å². The predicted molar refractivity (Wildman–Crippen MR) is 52.2 cm³/mol. The fraction of sp³-hybridized carbons (Fsp3) is 0. The van der Waals surface area contributed by atoms with Crippen molar-refractivity contribution in [3.8, 4) is 0 Å². The van der Waals surface area contributed by atoms with Crippen LogP contribution in [0.3, 0.4) is 0 Å². The number of halogens is 1. The SMILES string of the molecule is C=C=CC(=O)c1cccc(Br)c1. The van der Waals surface area contributed by atoms with Crippen LogP contribution in [0, 0.1) is 0 Å². The van der Waals surface area contributed by atoms with E-state index in [0.717, 1.165) is 4.47 Å². The quantitative estimate of drug-likeness (QED) is 0.428. The molecule has 0 unspecified atom stereocenters. The number of rotatable bonds is 2. The first-order valence-corrected chi connectivity index (χ1v) is 4.19. The van der Waals surface area contributed by atoms with Gasteiger partial charge in [-0.1, -0.05) is 34.6 Å². The molecule has 0 radical (unpaired) electrons. The third-order valence-electron chi connectivity index (χ3n) is 1.34. The zero-order chi connectivity index (χ0) is 8.97. The van der Waals surface area contributed by atoms with E-state index in [-0.39, 0.29) is 5.78 Å². The van der Waals surface area contributed by atoms with Crippen molar-refractivity contribution in [3.05, 3.63) is 52.7 Å². The van der Waals surface area contributed by atoms with Gasteiger partial charge in [-0.2, -0.15) is 0 Å². The van der Waals surface area contributed by atoms with Crippen molar-refractivity contribution in [3.63, 3.8) is 0 Å². The van der Waals surface area contributed by atoms with E-state index in [2.05, 4.69) is 28.2 Å². The average Bonchev–Trinajstić information content (AvgIpc) is 2.05. The molecule has 0 aliphatic carbocycles. The summed E-state index contributed by atoms with van der Waals surface area (Å²) in [4.78, 5) is 11.2. The molecule has 1 rings (SSSR count). The van der Waals surface area contributed by atoms with Crippen molar-refractivity contribution < 1.29 is 4.79 Å². The maximum Gasteiger partial charge on any atom is 0.193 e. The first-order valence-electron chi connectivity index (χ1n) is 3.40. The Morgan fingerprint density at radius 2 is 2.33 bits per heavy atom. The van der Waals surface area contributed by atoms with Gasteiger partial charge in [-0.05, 0) is 12.1 Å². The standard InChI is InChI=1S/C10H7BrO/c1-2-4-10(12)8-5-3-6-9(11)7-8/h3-7H,1H2. The third-order valence-corrected chi connectivity index (χ3v) is 1.84. The predicted octanol–water partition coefficient (Wildman–Crippen LogP) is 2.97. The number of carbonyl (C=O) groups is 1.